The van der Waals surface area contributed by atoms with E-state index in [2.05, 4.69) is 29.5 Å². The topological polar surface area (TPSA) is 75.2 Å². The number of carbonyl (C=O) groups excluding carboxylic acids is 1. The average molecular weight is 539 g/mol. The molecule has 7 nitrogen and oxygen atoms in total. The second-order valence-electron chi connectivity index (χ2n) is 8.24. The van der Waals surface area contributed by atoms with Crippen molar-refractivity contribution in [3.05, 3.63) is 0 Å². The Hall–Kier alpha value is -0.610. The number of nitrogens with zero attached hydrogens (tertiary/aromatic N) is 2. The summed E-state index contributed by atoms with van der Waals surface area (Å²) in [6.07, 6.45) is 7.02. The smallest absolute Gasteiger partial charge is 0.225 e. The minimum atomic E-state index is 0. The summed E-state index contributed by atoms with van der Waals surface area (Å²) in [6.45, 7) is 10.1. The number of nitrogens with one attached hydrogen (secondary N) is 2. The van der Waals surface area contributed by atoms with Gasteiger partial charge in [0.15, 0.2) is 5.96 Å². The molecular formula is C22H43IN4O3. The highest BCUT2D eigenvalue weighted by atomic mass is 127. The molecule has 0 saturated carbocycles. The van der Waals surface area contributed by atoms with Gasteiger partial charge in [-0.3, -0.25) is 9.79 Å². The number of hydrogen-bond donors (Lipinski definition) is 2. The van der Waals surface area contributed by atoms with Crippen molar-refractivity contribution in [1.29, 1.82) is 0 Å². The molecule has 0 bridgehead atoms. The molecule has 2 aliphatic heterocycles. The van der Waals surface area contributed by atoms with Crippen molar-refractivity contribution >= 4 is 35.8 Å². The van der Waals surface area contributed by atoms with E-state index in [1.165, 1.54) is 0 Å². The molecule has 2 aliphatic rings. The molecule has 0 atom stereocenters. The SMILES string of the molecule is CCC(CC)C(=O)N1CCC(NC(=NC)NCCCOCC2CCOCC2)CC1.I. The Morgan fingerprint density at radius 2 is 1.83 bits per heavy atom. The van der Waals surface area contributed by atoms with Crippen LogP contribution in [0.4, 0.5) is 0 Å². The van der Waals surface area contributed by atoms with Crippen LogP contribution < -0.4 is 10.6 Å². The lowest BCUT2D eigenvalue weighted by atomic mass is 9.98. The molecule has 2 fully saturated rings. The number of guanidine groups is 1. The van der Waals surface area contributed by atoms with Crippen molar-refractivity contribution in [2.45, 2.75) is 64.8 Å². The normalized spacial score (nSPS) is 18.9. The van der Waals surface area contributed by atoms with Crippen LogP contribution in [-0.2, 0) is 14.3 Å². The fourth-order valence-corrected chi connectivity index (χ4v) is 4.07. The molecule has 0 radical (unpaired) electrons. The quantitative estimate of drug-likeness (QED) is 0.194. The van der Waals surface area contributed by atoms with Gasteiger partial charge in [-0.25, -0.2) is 0 Å². The highest BCUT2D eigenvalue weighted by molar-refractivity contribution is 14.0. The molecule has 30 heavy (non-hydrogen) atoms. The lowest BCUT2D eigenvalue weighted by molar-refractivity contribution is -0.136. The van der Waals surface area contributed by atoms with Crippen LogP contribution in [-0.4, -0.2) is 75.9 Å². The number of halogens is 1. The van der Waals surface area contributed by atoms with Gasteiger partial charge < -0.3 is 25.0 Å². The number of amides is 1. The molecule has 2 rings (SSSR count). The van der Waals surface area contributed by atoms with E-state index in [0.717, 1.165) is 97.0 Å². The number of likely N-dealkylation sites (tertiary alicyclic amines) is 1. The van der Waals surface area contributed by atoms with Gasteiger partial charge in [0.05, 0.1) is 0 Å². The molecule has 0 aromatic heterocycles. The van der Waals surface area contributed by atoms with Crippen LogP contribution >= 0.6 is 24.0 Å². The largest absolute Gasteiger partial charge is 0.381 e. The third-order valence-corrected chi connectivity index (χ3v) is 6.16. The van der Waals surface area contributed by atoms with Crippen LogP contribution in [0, 0.1) is 11.8 Å². The fourth-order valence-electron chi connectivity index (χ4n) is 4.07. The minimum Gasteiger partial charge on any atom is -0.381 e. The number of carbonyl (C=O) groups is 1. The second-order valence-corrected chi connectivity index (χ2v) is 8.24. The van der Waals surface area contributed by atoms with Gasteiger partial charge in [0, 0.05) is 65.1 Å². The van der Waals surface area contributed by atoms with E-state index in [9.17, 15) is 4.79 Å². The zero-order chi connectivity index (χ0) is 20.9. The third-order valence-electron chi connectivity index (χ3n) is 6.16. The van der Waals surface area contributed by atoms with Crippen LogP contribution in [0.25, 0.3) is 0 Å². The molecule has 2 heterocycles. The van der Waals surface area contributed by atoms with Crippen LogP contribution in [0.5, 0.6) is 0 Å². The maximum atomic E-state index is 12.5. The van der Waals surface area contributed by atoms with Gasteiger partial charge in [0.1, 0.15) is 0 Å². The number of aliphatic imine (C=N–C) groups is 1. The highest BCUT2D eigenvalue weighted by Gasteiger charge is 2.26. The molecule has 8 heteroatoms. The maximum absolute atomic E-state index is 12.5. The molecular weight excluding hydrogens is 495 g/mol. The molecule has 0 spiro atoms. The van der Waals surface area contributed by atoms with E-state index in [4.69, 9.17) is 9.47 Å². The summed E-state index contributed by atoms with van der Waals surface area (Å²) in [5, 5.41) is 6.90. The predicted octanol–water partition coefficient (Wildman–Crippen LogP) is 3.03. The van der Waals surface area contributed by atoms with Gasteiger partial charge in [-0.05, 0) is 50.9 Å². The van der Waals surface area contributed by atoms with Crippen LogP contribution in [0.2, 0.25) is 0 Å². The summed E-state index contributed by atoms with van der Waals surface area (Å²) >= 11 is 0. The van der Waals surface area contributed by atoms with Crippen LogP contribution in [0.3, 0.4) is 0 Å². The van der Waals surface area contributed by atoms with E-state index >= 15 is 0 Å². The van der Waals surface area contributed by atoms with Crippen molar-refractivity contribution in [1.82, 2.24) is 15.5 Å². The number of rotatable bonds is 10. The van der Waals surface area contributed by atoms with E-state index in [0.29, 0.717) is 17.9 Å². The first kappa shape index (κ1) is 27.4. The number of ether oxygens (including phenoxy) is 2. The van der Waals surface area contributed by atoms with Crippen molar-refractivity contribution in [3.8, 4) is 0 Å². The zero-order valence-corrected chi connectivity index (χ0v) is 21.5. The predicted molar refractivity (Wildman–Crippen MR) is 133 cm³/mol. The first-order chi connectivity index (χ1) is 14.2. The van der Waals surface area contributed by atoms with Gasteiger partial charge in [-0.1, -0.05) is 13.8 Å². The lowest BCUT2D eigenvalue weighted by Crippen LogP contribution is -2.50. The lowest BCUT2D eigenvalue weighted by Gasteiger charge is -2.34. The van der Waals surface area contributed by atoms with Gasteiger partial charge >= 0.3 is 0 Å². The van der Waals surface area contributed by atoms with E-state index in [-0.39, 0.29) is 29.9 Å². The summed E-state index contributed by atoms with van der Waals surface area (Å²) < 4.78 is 11.2. The summed E-state index contributed by atoms with van der Waals surface area (Å²) in [5.74, 6) is 2.02. The van der Waals surface area contributed by atoms with E-state index in [1.807, 2.05) is 11.9 Å². The summed E-state index contributed by atoms with van der Waals surface area (Å²) in [4.78, 5) is 18.9. The Balaban J connectivity index is 0.00000450. The molecule has 2 N–H and O–H groups in total. The van der Waals surface area contributed by atoms with Gasteiger partial charge in [0.2, 0.25) is 5.91 Å². The molecule has 2 saturated heterocycles. The summed E-state index contributed by atoms with van der Waals surface area (Å²) in [7, 11) is 1.81. The first-order valence-electron chi connectivity index (χ1n) is 11.6. The summed E-state index contributed by atoms with van der Waals surface area (Å²) in [6, 6.07) is 0.372. The minimum absolute atomic E-state index is 0. The fraction of sp³-hybridized carbons (Fsp3) is 0.909. The Morgan fingerprint density at radius 1 is 1.17 bits per heavy atom. The Kier molecular flexibility index (Phi) is 14.7. The number of piperidine rings is 1. The monoisotopic (exact) mass is 538 g/mol. The Morgan fingerprint density at radius 3 is 2.43 bits per heavy atom. The second kappa shape index (κ2) is 16.1. The van der Waals surface area contributed by atoms with Crippen molar-refractivity contribution in [3.63, 3.8) is 0 Å². The van der Waals surface area contributed by atoms with Crippen molar-refractivity contribution in [2.75, 3.05) is 53.1 Å². The molecule has 0 unspecified atom stereocenters. The standard InChI is InChI=1S/C22H42N4O3.HI/c1-4-19(5-2)21(27)26-12-7-20(8-13-26)25-22(23-3)24-11-6-14-29-17-18-9-15-28-16-10-18;/h18-20H,4-17H2,1-3H3,(H2,23,24,25);1H. The zero-order valence-electron chi connectivity index (χ0n) is 19.2. The first-order valence-corrected chi connectivity index (χ1v) is 11.6. The number of hydrogen-bond acceptors (Lipinski definition) is 4. The van der Waals surface area contributed by atoms with Gasteiger partial charge in [-0.2, -0.15) is 0 Å². The van der Waals surface area contributed by atoms with Gasteiger partial charge in [0.25, 0.3) is 0 Å². The Bertz CT molecular complexity index is 489. The Labute approximate surface area is 200 Å². The van der Waals surface area contributed by atoms with E-state index in [1.54, 1.807) is 0 Å². The molecule has 0 aliphatic carbocycles. The van der Waals surface area contributed by atoms with Crippen LogP contribution in [0.15, 0.2) is 4.99 Å². The molecule has 0 aromatic carbocycles. The molecule has 0 aromatic rings. The third kappa shape index (κ3) is 9.68. The average Bonchev–Trinajstić information content (AvgIpc) is 2.77. The van der Waals surface area contributed by atoms with Crippen LogP contribution in [0.1, 0.15) is 58.8 Å². The summed E-state index contributed by atoms with van der Waals surface area (Å²) in [5.41, 5.74) is 0. The van der Waals surface area contributed by atoms with Crippen molar-refractivity contribution in [2.24, 2.45) is 16.8 Å². The van der Waals surface area contributed by atoms with Gasteiger partial charge in [-0.15, -0.1) is 24.0 Å². The highest BCUT2D eigenvalue weighted by Crippen LogP contribution is 2.17. The van der Waals surface area contributed by atoms with E-state index < -0.39 is 0 Å². The molecule has 176 valence electrons. The molecule has 1 amide bonds. The maximum Gasteiger partial charge on any atom is 0.225 e. The van der Waals surface area contributed by atoms with Crippen molar-refractivity contribution < 1.29 is 14.3 Å².